The summed E-state index contributed by atoms with van der Waals surface area (Å²) in [5, 5.41) is 9.35. The highest BCUT2D eigenvalue weighted by molar-refractivity contribution is 8.02. The van der Waals surface area contributed by atoms with E-state index in [0.29, 0.717) is 4.99 Å². The number of carboxylic acids is 1. The second-order valence-electron chi connectivity index (χ2n) is 5.32. The van der Waals surface area contributed by atoms with Gasteiger partial charge in [0.05, 0.1) is 5.54 Å². The van der Waals surface area contributed by atoms with Crippen LogP contribution in [0.2, 0.25) is 0 Å². The number of nitrogens with two attached hydrogens (primary N) is 1. The molecule has 2 heterocycles. The lowest BCUT2D eigenvalue weighted by atomic mass is 9.83. The van der Waals surface area contributed by atoms with Gasteiger partial charge in [0.2, 0.25) is 0 Å². The molecule has 2 rings (SSSR count). The topological polar surface area (TPSA) is 66.6 Å². The Balaban J connectivity index is 2.31. The number of carboxylic acid groups (broad SMARTS) is 1. The van der Waals surface area contributed by atoms with E-state index in [1.165, 1.54) is 0 Å². The summed E-state index contributed by atoms with van der Waals surface area (Å²) in [6.45, 7) is 5.97. The molecule has 17 heavy (non-hydrogen) atoms. The van der Waals surface area contributed by atoms with E-state index in [9.17, 15) is 9.90 Å². The molecular weight excluding hydrogens is 256 g/mol. The number of carbonyl (C=O) groups is 1. The van der Waals surface area contributed by atoms with Gasteiger partial charge in [-0.1, -0.05) is 25.6 Å². The third kappa shape index (κ3) is 1.61. The fraction of sp³-hybridized carbons (Fsp3) is 0.818. The average molecular weight is 274 g/mol. The van der Waals surface area contributed by atoms with Crippen LogP contribution in [0.3, 0.4) is 0 Å². The zero-order valence-electron chi connectivity index (χ0n) is 10.3. The van der Waals surface area contributed by atoms with Gasteiger partial charge in [-0.3, -0.25) is 0 Å². The lowest BCUT2D eigenvalue weighted by Crippen LogP contribution is -2.76. The zero-order valence-corrected chi connectivity index (χ0v) is 11.9. The monoisotopic (exact) mass is 274 g/mol. The van der Waals surface area contributed by atoms with Crippen LogP contribution in [0, 0.1) is 0 Å². The summed E-state index contributed by atoms with van der Waals surface area (Å²) in [6, 6.07) is -0.557. The van der Waals surface area contributed by atoms with Gasteiger partial charge in [0.15, 0.2) is 0 Å². The van der Waals surface area contributed by atoms with Crippen LogP contribution in [0.4, 0.5) is 0 Å². The maximum absolute atomic E-state index is 11.4. The molecule has 0 aliphatic carbocycles. The summed E-state index contributed by atoms with van der Waals surface area (Å²) >= 11 is 6.98. The van der Waals surface area contributed by atoms with Gasteiger partial charge in [0.1, 0.15) is 16.4 Å². The second-order valence-corrected chi connectivity index (χ2v) is 7.44. The van der Waals surface area contributed by atoms with Gasteiger partial charge >= 0.3 is 5.97 Å². The molecule has 0 aromatic carbocycles. The Morgan fingerprint density at radius 2 is 2.24 bits per heavy atom. The average Bonchev–Trinajstić information content (AvgIpc) is 2.48. The summed E-state index contributed by atoms with van der Waals surface area (Å²) in [5.41, 5.74) is 5.84. The lowest BCUT2D eigenvalue weighted by Gasteiger charge is -2.54. The molecule has 0 aromatic rings. The molecular formula is C11H18N2O2S2. The molecule has 3 N–H and O–H groups in total. The Hall–Kier alpha value is -0.330. The summed E-state index contributed by atoms with van der Waals surface area (Å²) in [5.74, 6) is -0.814. The number of fused-ring (bicyclic) bond motifs is 1. The van der Waals surface area contributed by atoms with Crippen molar-refractivity contribution in [3.05, 3.63) is 0 Å². The van der Waals surface area contributed by atoms with E-state index in [-0.39, 0.29) is 10.1 Å². The van der Waals surface area contributed by atoms with Gasteiger partial charge in [0, 0.05) is 4.75 Å². The molecule has 6 heteroatoms. The van der Waals surface area contributed by atoms with Gasteiger partial charge < -0.3 is 15.7 Å². The first-order chi connectivity index (χ1) is 7.75. The van der Waals surface area contributed by atoms with E-state index in [1.807, 2.05) is 18.7 Å². The SMILES string of the molecule is CCC[C@]1(N)C(=S)N2[C@@H](C(=O)O)C(C)(C)S[C@@H]21. The molecule has 0 bridgehead atoms. The molecule has 3 atom stereocenters. The Morgan fingerprint density at radius 3 is 2.71 bits per heavy atom. The summed E-state index contributed by atoms with van der Waals surface area (Å²) in [4.78, 5) is 13.8. The van der Waals surface area contributed by atoms with E-state index in [0.717, 1.165) is 12.8 Å². The molecule has 2 aliphatic heterocycles. The predicted molar refractivity (Wildman–Crippen MR) is 73.1 cm³/mol. The molecule has 2 aliphatic rings. The third-order valence-corrected chi connectivity index (χ3v) is 5.87. The van der Waals surface area contributed by atoms with Crippen LogP contribution in [0.25, 0.3) is 0 Å². The smallest absolute Gasteiger partial charge is 0.327 e. The minimum atomic E-state index is -0.814. The zero-order chi connectivity index (χ0) is 13.0. The van der Waals surface area contributed by atoms with Crippen molar-refractivity contribution in [1.29, 1.82) is 0 Å². The van der Waals surface area contributed by atoms with Gasteiger partial charge in [-0.05, 0) is 20.3 Å². The second kappa shape index (κ2) is 3.83. The highest BCUT2D eigenvalue weighted by Crippen LogP contribution is 2.55. The summed E-state index contributed by atoms with van der Waals surface area (Å²) in [6.07, 6.45) is 1.78. The van der Waals surface area contributed by atoms with Crippen LogP contribution in [0.1, 0.15) is 33.6 Å². The molecule has 0 amide bonds. The quantitative estimate of drug-likeness (QED) is 0.759. The lowest BCUT2D eigenvalue weighted by molar-refractivity contribution is -0.143. The number of thioether (sulfide) groups is 1. The van der Waals surface area contributed by atoms with Crippen LogP contribution >= 0.6 is 24.0 Å². The van der Waals surface area contributed by atoms with Crippen molar-refractivity contribution in [2.45, 2.75) is 55.3 Å². The number of hydrogen-bond acceptors (Lipinski definition) is 4. The molecule has 0 saturated carbocycles. The third-order valence-electron chi connectivity index (χ3n) is 3.58. The largest absolute Gasteiger partial charge is 0.480 e. The van der Waals surface area contributed by atoms with Crippen molar-refractivity contribution in [2.75, 3.05) is 0 Å². The fourth-order valence-corrected chi connectivity index (χ4v) is 5.06. The van der Waals surface area contributed by atoms with Crippen molar-refractivity contribution in [1.82, 2.24) is 4.90 Å². The fourth-order valence-electron chi connectivity index (χ4n) is 2.80. The van der Waals surface area contributed by atoms with Crippen LogP contribution in [0.5, 0.6) is 0 Å². The van der Waals surface area contributed by atoms with Crippen LogP contribution in [-0.4, -0.2) is 42.7 Å². The predicted octanol–water partition coefficient (Wildman–Crippen LogP) is 1.43. The van der Waals surface area contributed by atoms with Gasteiger partial charge in [-0.15, -0.1) is 11.8 Å². The van der Waals surface area contributed by atoms with Crippen molar-refractivity contribution in [3.63, 3.8) is 0 Å². The molecule has 2 saturated heterocycles. The van der Waals surface area contributed by atoms with Crippen molar-refractivity contribution in [3.8, 4) is 0 Å². The molecule has 4 nitrogen and oxygen atoms in total. The number of nitrogens with zero attached hydrogens (tertiary/aromatic N) is 1. The highest BCUT2D eigenvalue weighted by Gasteiger charge is 2.66. The Morgan fingerprint density at radius 1 is 1.65 bits per heavy atom. The summed E-state index contributed by atoms with van der Waals surface area (Å²) < 4.78 is -0.352. The van der Waals surface area contributed by atoms with Crippen molar-refractivity contribution in [2.24, 2.45) is 5.73 Å². The maximum atomic E-state index is 11.4. The first-order valence-corrected chi connectivity index (χ1v) is 7.06. The van der Waals surface area contributed by atoms with Crippen molar-refractivity contribution >= 4 is 34.9 Å². The van der Waals surface area contributed by atoms with Crippen molar-refractivity contribution < 1.29 is 9.90 Å². The van der Waals surface area contributed by atoms with E-state index < -0.39 is 17.6 Å². The molecule has 0 aromatic heterocycles. The number of thiocarbonyl (C=S) groups is 1. The van der Waals surface area contributed by atoms with Gasteiger partial charge in [-0.2, -0.15) is 0 Å². The van der Waals surface area contributed by atoms with E-state index in [2.05, 4.69) is 6.92 Å². The Kier molecular flexibility index (Phi) is 2.95. The number of aliphatic carboxylic acids is 1. The molecule has 96 valence electrons. The van der Waals surface area contributed by atoms with E-state index >= 15 is 0 Å². The van der Waals surface area contributed by atoms with Gasteiger partial charge in [0.25, 0.3) is 0 Å². The Bertz CT molecular complexity index is 386. The molecule has 2 fully saturated rings. The van der Waals surface area contributed by atoms with Gasteiger partial charge in [-0.25, -0.2) is 4.79 Å². The molecule has 0 unspecified atom stereocenters. The minimum Gasteiger partial charge on any atom is -0.480 e. The number of hydrogen-bond donors (Lipinski definition) is 2. The molecule has 0 spiro atoms. The maximum Gasteiger partial charge on any atom is 0.327 e. The molecule has 0 radical (unpaired) electrons. The highest BCUT2D eigenvalue weighted by atomic mass is 32.2. The summed E-state index contributed by atoms with van der Waals surface area (Å²) in [7, 11) is 0. The Labute approximate surface area is 111 Å². The van der Waals surface area contributed by atoms with Crippen LogP contribution in [0.15, 0.2) is 0 Å². The van der Waals surface area contributed by atoms with E-state index in [1.54, 1.807) is 11.8 Å². The number of rotatable bonds is 3. The first-order valence-electron chi connectivity index (χ1n) is 5.78. The van der Waals surface area contributed by atoms with Crippen LogP contribution < -0.4 is 5.73 Å². The van der Waals surface area contributed by atoms with Crippen LogP contribution in [-0.2, 0) is 4.79 Å². The van der Waals surface area contributed by atoms with E-state index in [4.69, 9.17) is 18.0 Å². The normalized spacial score (nSPS) is 38.8. The minimum absolute atomic E-state index is 0.0195. The first kappa shape index (κ1) is 13.1. The standard InChI is InChI=1S/C11H18N2O2S2/c1-4-5-11(12)8(16)13-6(7(14)15)10(2,3)17-9(11)13/h6,9H,4-5,12H2,1-3H3,(H,14,15)/t6-,9+,11-/m0/s1.